The number of hydrogen-bond donors (Lipinski definition) is 0. The van der Waals surface area contributed by atoms with Crippen molar-refractivity contribution in [3.05, 3.63) is 114 Å². The van der Waals surface area contributed by atoms with Crippen LogP contribution in [0.2, 0.25) is 0 Å². The molecule has 156 valence electrons. The predicted octanol–water partition coefficient (Wildman–Crippen LogP) is 9.58. The number of halogens is 1. The van der Waals surface area contributed by atoms with Gasteiger partial charge in [-0.3, -0.25) is 0 Å². The van der Waals surface area contributed by atoms with Crippen LogP contribution in [0.25, 0.3) is 58.8 Å². The molecule has 0 spiro atoms. The lowest BCUT2D eigenvalue weighted by atomic mass is 10.0. The summed E-state index contributed by atoms with van der Waals surface area (Å²) < 4.78 is 6.13. The molecule has 7 rings (SSSR count). The van der Waals surface area contributed by atoms with Gasteiger partial charge in [0.2, 0.25) is 0 Å². The maximum atomic E-state index is 3.61. The molecule has 0 aliphatic heterocycles. The van der Waals surface area contributed by atoms with Gasteiger partial charge in [-0.05, 0) is 65.7 Å². The number of rotatable bonds is 2. The Bertz CT molecular complexity index is 1830. The van der Waals surface area contributed by atoms with Crippen molar-refractivity contribution in [2.24, 2.45) is 0 Å². The smallest absolute Gasteiger partial charge is 0.0541 e. The molecule has 0 fully saturated rings. The summed E-state index contributed by atoms with van der Waals surface area (Å²) in [6, 6.07) is 39.6. The van der Waals surface area contributed by atoms with Crippen LogP contribution in [0.1, 0.15) is 0 Å². The summed E-state index contributed by atoms with van der Waals surface area (Å²) in [5.74, 6) is 0. The molecule has 1 nitrogen and oxygen atoms in total. The quantitative estimate of drug-likeness (QED) is 0.221. The predicted molar refractivity (Wildman–Crippen MR) is 147 cm³/mol. The summed E-state index contributed by atoms with van der Waals surface area (Å²) in [5.41, 5.74) is 6.16. The second-order valence-electron chi connectivity index (χ2n) is 8.37. The van der Waals surface area contributed by atoms with Gasteiger partial charge in [-0.15, -0.1) is 11.3 Å². The van der Waals surface area contributed by atoms with E-state index in [1.54, 1.807) is 0 Å². The Labute approximate surface area is 203 Å². The highest BCUT2D eigenvalue weighted by molar-refractivity contribution is 9.10. The molecule has 0 saturated carbocycles. The zero-order valence-electron chi connectivity index (χ0n) is 17.6. The molecule has 7 aromatic rings. The van der Waals surface area contributed by atoms with Gasteiger partial charge >= 0.3 is 0 Å². The third-order valence-corrected chi connectivity index (χ3v) is 8.08. The fourth-order valence-electron chi connectivity index (χ4n) is 4.94. The van der Waals surface area contributed by atoms with Gasteiger partial charge in [0, 0.05) is 41.1 Å². The van der Waals surface area contributed by atoms with E-state index >= 15 is 0 Å². The first-order chi connectivity index (χ1) is 16.3. The van der Waals surface area contributed by atoms with Crippen LogP contribution in [0.5, 0.6) is 0 Å². The third-order valence-electron chi connectivity index (χ3n) is 6.45. The normalized spacial score (nSPS) is 11.8. The van der Waals surface area contributed by atoms with Gasteiger partial charge < -0.3 is 4.57 Å². The molecule has 0 aliphatic carbocycles. The first kappa shape index (κ1) is 19.1. The van der Waals surface area contributed by atoms with Crippen LogP contribution in [0.3, 0.4) is 0 Å². The van der Waals surface area contributed by atoms with Gasteiger partial charge in [0.25, 0.3) is 0 Å². The van der Waals surface area contributed by atoms with Gasteiger partial charge in [-0.25, -0.2) is 0 Å². The summed E-state index contributed by atoms with van der Waals surface area (Å²) in [7, 11) is 0. The number of hydrogen-bond acceptors (Lipinski definition) is 1. The molecular formula is C30H18BrNS. The van der Waals surface area contributed by atoms with Crippen molar-refractivity contribution >= 4 is 69.2 Å². The minimum absolute atomic E-state index is 1.13. The second kappa shape index (κ2) is 7.31. The summed E-state index contributed by atoms with van der Waals surface area (Å²) in [4.78, 5) is 0. The highest BCUT2D eigenvalue weighted by Gasteiger charge is 2.13. The standard InChI is InChI=1S/C30H18BrNS/c31-21-12-13-24-26-17-20(11-15-29(26)33-30(24)18-21)19-10-14-28-25(16-19)23-8-4-5-9-27(23)32(28)22-6-2-1-3-7-22/h1-18H. The number of para-hydroxylation sites is 2. The average Bonchev–Trinajstić information content (AvgIpc) is 3.38. The van der Waals surface area contributed by atoms with Crippen LogP contribution in [0, 0.1) is 0 Å². The molecule has 0 saturated heterocycles. The van der Waals surface area contributed by atoms with Gasteiger partial charge in [-0.2, -0.15) is 0 Å². The molecule has 0 radical (unpaired) electrons. The lowest BCUT2D eigenvalue weighted by molar-refractivity contribution is 1.18. The van der Waals surface area contributed by atoms with E-state index in [-0.39, 0.29) is 0 Å². The van der Waals surface area contributed by atoms with Crippen LogP contribution < -0.4 is 0 Å². The van der Waals surface area contributed by atoms with E-state index in [0.717, 1.165) is 4.47 Å². The van der Waals surface area contributed by atoms with Crippen LogP contribution in [-0.4, -0.2) is 4.57 Å². The Hall–Kier alpha value is -3.40. The summed E-state index contributed by atoms with van der Waals surface area (Å²) in [6.07, 6.45) is 0. The van der Waals surface area contributed by atoms with E-state index in [1.165, 1.54) is 58.8 Å². The Morgan fingerprint density at radius 3 is 2.12 bits per heavy atom. The molecule has 0 unspecified atom stereocenters. The van der Waals surface area contributed by atoms with E-state index in [2.05, 4.69) is 130 Å². The molecule has 3 heteroatoms. The van der Waals surface area contributed by atoms with Crippen molar-refractivity contribution in [2.75, 3.05) is 0 Å². The largest absolute Gasteiger partial charge is 0.309 e. The summed E-state index contributed by atoms with van der Waals surface area (Å²) in [6.45, 7) is 0. The lowest BCUT2D eigenvalue weighted by Crippen LogP contribution is -1.92. The number of nitrogens with zero attached hydrogens (tertiary/aromatic N) is 1. The van der Waals surface area contributed by atoms with Crippen molar-refractivity contribution in [2.45, 2.75) is 0 Å². The fourth-order valence-corrected chi connectivity index (χ4v) is 6.58. The molecule has 0 aliphatic rings. The zero-order valence-corrected chi connectivity index (χ0v) is 20.0. The Morgan fingerprint density at radius 2 is 1.24 bits per heavy atom. The number of thiophene rings is 1. The molecule has 2 heterocycles. The van der Waals surface area contributed by atoms with Crippen molar-refractivity contribution in [1.29, 1.82) is 0 Å². The first-order valence-electron chi connectivity index (χ1n) is 11.0. The number of benzene rings is 5. The molecule has 0 atom stereocenters. The lowest BCUT2D eigenvalue weighted by Gasteiger charge is -2.08. The number of fused-ring (bicyclic) bond motifs is 6. The fraction of sp³-hybridized carbons (Fsp3) is 0. The Balaban J connectivity index is 1.47. The molecule has 0 bridgehead atoms. The molecule has 2 aromatic heterocycles. The maximum absolute atomic E-state index is 3.61. The SMILES string of the molecule is Brc1ccc2c(c1)sc1ccc(-c3ccc4c(c3)c3ccccc3n4-c3ccccc3)cc12. The van der Waals surface area contributed by atoms with Crippen LogP contribution in [0.4, 0.5) is 0 Å². The van der Waals surface area contributed by atoms with Gasteiger partial charge in [0.15, 0.2) is 0 Å². The minimum atomic E-state index is 1.13. The number of aromatic nitrogens is 1. The second-order valence-corrected chi connectivity index (χ2v) is 10.4. The van der Waals surface area contributed by atoms with E-state index < -0.39 is 0 Å². The van der Waals surface area contributed by atoms with Crippen molar-refractivity contribution in [3.63, 3.8) is 0 Å². The molecule has 33 heavy (non-hydrogen) atoms. The Kier molecular flexibility index (Phi) is 4.23. The van der Waals surface area contributed by atoms with E-state index in [9.17, 15) is 0 Å². The third kappa shape index (κ3) is 2.97. The minimum Gasteiger partial charge on any atom is -0.309 e. The van der Waals surface area contributed by atoms with Gasteiger partial charge in [0.05, 0.1) is 11.0 Å². The van der Waals surface area contributed by atoms with E-state index in [4.69, 9.17) is 0 Å². The average molecular weight is 504 g/mol. The van der Waals surface area contributed by atoms with Gasteiger partial charge in [0.1, 0.15) is 0 Å². The van der Waals surface area contributed by atoms with Gasteiger partial charge in [-0.1, -0.05) is 70.5 Å². The highest BCUT2D eigenvalue weighted by atomic mass is 79.9. The molecule has 0 amide bonds. The summed E-state index contributed by atoms with van der Waals surface area (Å²) in [5, 5.41) is 5.21. The summed E-state index contributed by atoms with van der Waals surface area (Å²) >= 11 is 5.46. The van der Waals surface area contributed by atoms with E-state index in [0.29, 0.717) is 0 Å². The monoisotopic (exact) mass is 503 g/mol. The highest BCUT2D eigenvalue weighted by Crippen LogP contribution is 2.39. The van der Waals surface area contributed by atoms with Crippen LogP contribution >= 0.6 is 27.3 Å². The van der Waals surface area contributed by atoms with Crippen LogP contribution in [-0.2, 0) is 0 Å². The molecular weight excluding hydrogens is 486 g/mol. The van der Waals surface area contributed by atoms with Crippen molar-refractivity contribution < 1.29 is 0 Å². The topological polar surface area (TPSA) is 4.93 Å². The Morgan fingerprint density at radius 1 is 0.515 bits per heavy atom. The maximum Gasteiger partial charge on any atom is 0.0541 e. The molecule has 5 aromatic carbocycles. The van der Waals surface area contributed by atoms with Crippen molar-refractivity contribution in [3.8, 4) is 16.8 Å². The first-order valence-corrected chi connectivity index (χ1v) is 12.6. The van der Waals surface area contributed by atoms with Crippen LogP contribution in [0.15, 0.2) is 114 Å². The van der Waals surface area contributed by atoms with Crippen molar-refractivity contribution in [1.82, 2.24) is 4.57 Å². The zero-order chi connectivity index (χ0) is 21.9. The van der Waals surface area contributed by atoms with E-state index in [1.807, 2.05) is 11.3 Å². The molecule has 0 N–H and O–H groups in total.